The number of alkyl halides is 3. The van der Waals surface area contributed by atoms with Crippen LogP contribution in [0.4, 0.5) is 0 Å². The fraction of sp³-hybridized carbons (Fsp3) is 1.00. The van der Waals surface area contributed by atoms with Crippen molar-refractivity contribution in [1.82, 2.24) is 0 Å². The van der Waals surface area contributed by atoms with Crippen molar-refractivity contribution in [1.29, 1.82) is 0 Å². The minimum Gasteiger partial charge on any atom is -0.168 e. The average molecular weight is 286 g/mol. The van der Waals surface area contributed by atoms with E-state index in [0.29, 0.717) is 0 Å². The van der Waals surface area contributed by atoms with Crippen molar-refractivity contribution in [3.8, 4) is 0 Å². The molecule has 1 N–H and O–H groups in total. The minimum absolute atomic E-state index is 0.149. The SMILES string of the molecule is O[P+](OCCCl)(OCCCl)OCCCl. The van der Waals surface area contributed by atoms with Gasteiger partial charge in [-0.3, -0.25) is 0 Å². The molecule has 0 spiro atoms. The fourth-order valence-corrected chi connectivity index (χ4v) is 2.31. The fourth-order valence-electron chi connectivity index (χ4n) is 0.561. The van der Waals surface area contributed by atoms with Crippen LogP contribution in [0, 0.1) is 0 Å². The summed E-state index contributed by atoms with van der Waals surface area (Å²) in [5, 5.41) is 0. The Balaban J connectivity index is 3.89. The molecule has 0 heterocycles. The van der Waals surface area contributed by atoms with Gasteiger partial charge in [-0.15, -0.1) is 34.8 Å². The summed E-state index contributed by atoms with van der Waals surface area (Å²) in [5.74, 6) is 0.740. The summed E-state index contributed by atoms with van der Waals surface area (Å²) in [5.41, 5.74) is 0. The minimum atomic E-state index is -3.27. The Morgan fingerprint density at radius 1 is 0.786 bits per heavy atom. The molecule has 0 aliphatic heterocycles. The molecule has 86 valence electrons. The van der Waals surface area contributed by atoms with Crippen molar-refractivity contribution in [2.75, 3.05) is 37.5 Å². The smallest absolute Gasteiger partial charge is 0.168 e. The van der Waals surface area contributed by atoms with Crippen LogP contribution in [0.3, 0.4) is 0 Å². The highest BCUT2D eigenvalue weighted by Crippen LogP contribution is 2.57. The van der Waals surface area contributed by atoms with Gasteiger partial charge in [0.2, 0.25) is 0 Å². The summed E-state index contributed by atoms with van der Waals surface area (Å²) in [6, 6.07) is 0. The van der Waals surface area contributed by atoms with Gasteiger partial charge in [-0.1, -0.05) is 0 Å². The molecule has 0 aliphatic rings. The number of rotatable bonds is 9. The van der Waals surface area contributed by atoms with E-state index in [2.05, 4.69) is 0 Å². The van der Waals surface area contributed by atoms with E-state index in [0.717, 1.165) is 0 Å². The second-order valence-corrected chi connectivity index (χ2v) is 4.88. The number of hydrogen-bond donors (Lipinski definition) is 1. The first-order valence-electron chi connectivity index (χ1n) is 3.92. The summed E-state index contributed by atoms with van der Waals surface area (Å²) in [6.07, 6.45) is 0. The van der Waals surface area contributed by atoms with Crippen LogP contribution >= 0.6 is 43.0 Å². The molecule has 0 fully saturated rings. The zero-order valence-electron chi connectivity index (χ0n) is 7.50. The molecular weight excluding hydrogens is 273 g/mol. The van der Waals surface area contributed by atoms with Crippen LogP contribution in [-0.4, -0.2) is 42.4 Å². The maximum absolute atomic E-state index is 9.67. The molecule has 0 aromatic heterocycles. The van der Waals surface area contributed by atoms with E-state index in [1.165, 1.54) is 0 Å². The van der Waals surface area contributed by atoms with Crippen LogP contribution < -0.4 is 0 Å². The molecule has 0 radical (unpaired) electrons. The highest BCUT2D eigenvalue weighted by Gasteiger charge is 2.44. The van der Waals surface area contributed by atoms with Gasteiger partial charge in [0.05, 0.1) is 17.6 Å². The standard InChI is InChI=1S/C6H13Cl3O4P/c7-1-4-11-14(10,12-5-2-8)13-6-3-9/h10H,1-6H2/q+1. The van der Waals surface area contributed by atoms with Gasteiger partial charge in [-0.25, -0.2) is 0 Å². The number of hydrogen-bond acceptors (Lipinski definition) is 4. The Morgan fingerprint density at radius 2 is 1.07 bits per heavy atom. The Morgan fingerprint density at radius 3 is 1.29 bits per heavy atom. The Hall–Kier alpha value is 1.14. The van der Waals surface area contributed by atoms with Crippen LogP contribution in [-0.2, 0) is 13.6 Å². The molecule has 0 saturated carbocycles. The Labute approximate surface area is 99.0 Å². The first-order chi connectivity index (χ1) is 6.68. The van der Waals surface area contributed by atoms with E-state index in [1.54, 1.807) is 0 Å². The van der Waals surface area contributed by atoms with E-state index < -0.39 is 8.17 Å². The molecule has 0 amide bonds. The lowest BCUT2D eigenvalue weighted by Crippen LogP contribution is -2.10. The third-order valence-corrected chi connectivity index (χ3v) is 2.98. The van der Waals surface area contributed by atoms with Gasteiger partial charge in [0.1, 0.15) is 19.8 Å². The molecule has 0 bridgehead atoms. The van der Waals surface area contributed by atoms with Crippen LogP contribution in [0.25, 0.3) is 0 Å². The Kier molecular flexibility index (Phi) is 10.1. The molecule has 0 unspecified atom stereocenters. The second-order valence-electron chi connectivity index (χ2n) is 2.04. The van der Waals surface area contributed by atoms with Crippen LogP contribution in [0.2, 0.25) is 0 Å². The van der Waals surface area contributed by atoms with E-state index in [1.807, 2.05) is 0 Å². The third kappa shape index (κ3) is 7.43. The summed E-state index contributed by atoms with van der Waals surface area (Å²) < 4.78 is 14.9. The zero-order chi connectivity index (χ0) is 10.9. The molecule has 0 atom stereocenters. The quantitative estimate of drug-likeness (QED) is 0.522. The van der Waals surface area contributed by atoms with Gasteiger partial charge in [0.25, 0.3) is 0 Å². The first kappa shape index (κ1) is 15.1. The molecule has 0 aliphatic carbocycles. The number of halogens is 3. The van der Waals surface area contributed by atoms with Crippen molar-refractivity contribution in [2.45, 2.75) is 0 Å². The lowest BCUT2D eigenvalue weighted by molar-refractivity contribution is 0.0944. The molecule has 0 saturated heterocycles. The average Bonchev–Trinajstić information content (AvgIpc) is 2.21. The van der Waals surface area contributed by atoms with Gasteiger partial charge >= 0.3 is 8.17 Å². The molecule has 0 aromatic rings. The Bertz CT molecular complexity index is 118. The summed E-state index contributed by atoms with van der Waals surface area (Å²) in [7, 11) is -3.27. The van der Waals surface area contributed by atoms with Crippen LogP contribution in [0.5, 0.6) is 0 Å². The van der Waals surface area contributed by atoms with Crippen LogP contribution in [0.15, 0.2) is 0 Å². The van der Waals surface area contributed by atoms with E-state index >= 15 is 0 Å². The molecule has 0 aromatic carbocycles. The molecule has 4 nitrogen and oxygen atoms in total. The second kappa shape index (κ2) is 9.37. The first-order valence-corrected chi connectivity index (χ1v) is 7.01. The van der Waals surface area contributed by atoms with Crippen molar-refractivity contribution in [3.05, 3.63) is 0 Å². The zero-order valence-corrected chi connectivity index (χ0v) is 10.7. The molecule has 0 rings (SSSR count). The van der Waals surface area contributed by atoms with Crippen molar-refractivity contribution in [3.63, 3.8) is 0 Å². The highest BCUT2D eigenvalue weighted by atomic mass is 35.5. The monoisotopic (exact) mass is 285 g/mol. The van der Waals surface area contributed by atoms with Gasteiger partial charge in [-0.2, -0.15) is 18.5 Å². The summed E-state index contributed by atoms with van der Waals surface area (Å²) >= 11 is 16.2. The summed E-state index contributed by atoms with van der Waals surface area (Å²) in [6.45, 7) is 0.448. The van der Waals surface area contributed by atoms with Gasteiger partial charge in [-0.05, 0) is 0 Å². The predicted molar refractivity (Wildman–Crippen MR) is 59.2 cm³/mol. The maximum Gasteiger partial charge on any atom is 0.572 e. The topological polar surface area (TPSA) is 47.9 Å². The van der Waals surface area contributed by atoms with E-state index in [-0.39, 0.29) is 37.5 Å². The lowest BCUT2D eigenvalue weighted by atomic mass is 10.9. The van der Waals surface area contributed by atoms with Crippen molar-refractivity contribution < 1.29 is 18.5 Å². The van der Waals surface area contributed by atoms with Crippen molar-refractivity contribution >= 4 is 43.0 Å². The van der Waals surface area contributed by atoms with Crippen molar-refractivity contribution in [2.24, 2.45) is 0 Å². The van der Waals surface area contributed by atoms with Gasteiger partial charge in [0.15, 0.2) is 0 Å². The van der Waals surface area contributed by atoms with E-state index in [4.69, 9.17) is 48.4 Å². The van der Waals surface area contributed by atoms with E-state index in [9.17, 15) is 4.89 Å². The normalized spacial score (nSPS) is 12.0. The molecule has 14 heavy (non-hydrogen) atoms. The molecule has 8 heteroatoms. The lowest BCUT2D eigenvalue weighted by Gasteiger charge is -2.13. The summed E-state index contributed by atoms with van der Waals surface area (Å²) in [4.78, 5) is 9.67. The molecular formula is C6H13Cl3O4P+. The van der Waals surface area contributed by atoms with Crippen LogP contribution in [0.1, 0.15) is 0 Å². The van der Waals surface area contributed by atoms with Gasteiger partial charge < -0.3 is 0 Å². The highest BCUT2D eigenvalue weighted by molar-refractivity contribution is 7.55. The largest absolute Gasteiger partial charge is 0.572 e. The predicted octanol–water partition coefficient (Wildman–Crippen LogP) is 2.42. The van der Waals surface area contributed by atoms with Gasteiger partial charge in [0, 0.05) is 0 Å². The maximum atomic E-state index is 9.67. The third-order valence-electron chi connectivity index (χ3n) is 0.995.